The zero-order valence-electron chi connectivity index (χ0n) is 21.3. The Morgan fingerprint density at radius 2 is 1.19 bits per heavy atom. The standard InChI is InChI=1S/C21H34O7S2.C6H6/c1-18(29(23,24)25)12-6-3-9-15-20(22)16-10-5-11-17-21(2,30(26,27)28)19-13-7-4-8-14-19;1-2-4-6-5-3-1/h4,7-8,13-14,18H,3,5-6,9-12,15-17H2,1-2H3,(H,23,24,25)(H,26,27,28);1-6H. The van der Waals surface area contributed by atoms with E-state index in [0.717, 1.165) is 6.42 Å². The summed E-state index contributed by atoms with van der Waals surface area (Å²) in [6.45, 7) is 2.98. The first-order chi connectivity index (χ1) is 16.9. The van der Waals surface area contributed by atoms with Gasteiger partial charge in [0.25, 0.3) is 20.2 Å². The van der Waals surface area contributed by atoms with E-state index in [1.807, 2.05) is 36.4 Å². The predicted octanol–water partition coefficient (Wildman–Crippen LogP) is 6.22. The molecule has 0 amide bonds. The fraction of sp³-hybridized carbons (Fsp3) is 0.519. The van der Waals surface area contributed by atoms with E-state index in [4.69, 9.17) is 4.55 Å². The Labute approximate surface area is 216 Å². The van der Waals surface area contributed by atoms with Gasteiger partial charge in [0.2, 0.25) is 0 Å². The minimum Gasteiger partial charge on any atom is -0.300 e. The summed E-state index contributed by atoms with van der Waals surface area (Å²) in [6, 6.07) is 20.6. The second kappa shape index (κ2) is 15.9. The van der Waals surface area contributed by atoms with Crippen molar-refractivity contribution >= 4 is 26.0 Å². The Hall–Kier alpha value is -2.07. The van der Waals surface area contributed by atoms with Crippen molar-refractivity contribution in [3.05, 3.63) is 72.3 Å². The second-order valence-corrected chi connectivity index (χ2v) is 12.9. The fourth-order valence-corrected chi connectivity index (χ4v) is 5.06. The van der Waals surface area contributed by atoms with Crippen LogP contribution in [0.4, 0.5) is 0 Å². The van der Waals surface area contributed by atoms with E-state index in [2.05, 4.69) is 0 Å². The van der Waals surface area contributed by atoms with Crippen LogP contribution in [-0.2, 0) is 29.8 Å². The number of carbonyl (C=O) groups is 1. The summed E-state index contributed by atoms with van der Waals surface area (Å²) in [5.74, 6) is 0.137. The average Bonchev–Trinajstić information content (AvgIpc) is 2.84. The molecule has 0 saturated heterocycles. The molecule has 2 rings (SSSR count). The monoisotopic (exact) mass is 540 g/mol. The molecule has 9 heteroatoms. The normalized spacial score (nSPS) is 14.2. The average molecular weight is 541 g/mol. The van der Waals surface area contributed by atoms with Crippen LogP contribution in [0.2, 0.25) is 0 Å². The summed E-state index contributed by atoms with van der Waals surface area (Å²) >= 11 is 0. The molecule has 0 spiro atoms. The van der Waals surface area contributed by atoms with Crippen molar-refractivity contribution in [3.63, 3.8) is 0 Å². The van der Waals surface area contributed by atoms with Crippen molar-refractivity contribution in [2.24, 2.45) is 0 Å². The molecule has 0 saturated carbocycles. The lowest BCUT2D eigenvalue weighted by Crippen LogP contribution is -2.32. The molecule has 0 aromatic heterocycles. The highest BCUT2D eigenvalue weighted by Gasteiger charge is 2.39. The smallest absolute Gasteiger partial charge is 0.274 e. The summed E-state index contributed by atoms with van der Waals surface area (Å²) in [4.78, 5) is 12.0. The highest BCUT2D eigenvalue weighted by Crippen LogP contribution is 2.34. The number of benzene rings is 2. The maximum absolute atomic E-state index is 12.0. The van der Waals surface area contributed by atoms with Crippen molar-refractivity contribution < 1.29 is 30.7 Å². The van der Waals surface area contributed by atoms with Gasteiger partial charge in [-0.15, -0.1) is 0 Å². The van der Waals surface area contributed by atoms with E-state index < -0.39 is 30.2 Å². The number of Topliss-reactive ketones (excluding diaryl/α,β-unsaturated/α-hetero) is 1. The van der Waals surface area contributed by atoms with Crippen LogP contribution < -0.4 is 0 Å². The zero-order chi connectivity index (χ0) is 27.1. The number of hydrogen-bond donors (Lipinski definition) is 2. The predicted molar refractivity (Wildman–Crippen MR) is 144 cm³/mol. The number of ketones is 1. The van der Waals surface area contributed by atoms with Gasteiger partial charge in [0, 0.05) is 12.8 Å². The van der Waals surface area contributed by atoms with Crippen LogP contribution in [0.15, 0.2) is 66.7 Å². The number of hydrogen-bond acceptors (Lipinski definition) is 5. The zero-order valence-corrected chi connectivity index (χ0v) is 22.9. The van der Waals surface area contributed by atoms with E-state index in [0.29, 0.717) is 56.9 Å². The van der Waals surface area contributed by atoms with E-state index in [-0.39, 0.29) is 12.2 Å². The van der Waals surface area contributed by atoms with Gasteiger partial charge in [0.15, 0.2) is 0 Å². The quantitative estimate of drug-likeness (QED) is 0.203. The van der Waals surface area contributed by atoms with Gasteiger partial charge in [-0.05, 0) is 45.1 Å². The third-order valence-electron chi connectivity index (χ3n) is 6.30. The van der Waals surface area contributed by atoms with Crippen molar-refractivity contribution in [1.82, 2.24) is 0 Å². The number of rotatable bonds is 15. The van der Waals surface area contributed by atoms with Crippen molar-refractivity contribution in [1.29, 1.82) is 0 Å². The van der Waals surface area contributed by atoms with Gasteiger partial charge in [-0.1, -0.05) is 92.4 Å². The molecule has 0 radical (unpaired) electrons. The van der Waals surface area contributed by atoms with Gasteiger partial charge in [0.05, 0.1) is 5.25 Å². The Morgan fingerprint density at radius 3 is 1.64 bits per heavy atom. The fourth-order valence-electron chi connectivity index (χ4n) is 3.76. The molecule has 0 aliphatic rings. The largest absolute Gasteiger partial charge is 0.300 e. The summed E-state index contributed by atoms with van der Waals surface area (Å²) < 4.78 is 63.0. The second-order valence-electron chi connectivity index (χ2n) is 9.25. The molecule has 2 atom stereocenters. The summed E-state index contributed by atoms with van der Waals surface area (Å²) in [7, 11) is -8.26. The Kier molecular flexibility index (Phi) is 14.1. The lowest BCUT2D eigenvalue weighted by Gasteiger charge is -2.26. The molecule has 36 heavy (non-hydrogen) atoms. The number of carbonyl (C=O) groups excluding carboxylic acids is 1. The maximum atomic E-state index is 12.0. The Morgan fingerprint density at radius 1 is 0.750 bits per heavy atom. The molecule has 0 aliphatic heterocycles. The molecule has 0 aliphatic carbocycles. The van der Waals surface area contributed by atoms with Gasteiger partial charge >= 0.3 is 0 Å². The van der Waals surface area contributed by atoms with E-state index >= 15 is 0 Å². The van der Waals surface area contributed by atoms with E-state index in [9.17, 15) is 26.2 Å². The molecule has 0 bridgehead atoms. The minimum atomic E-state index is -4.27. The first-order valence-electron chi connectivity index (χ1n) is 12.4. The molecule has 0 fully saturated rings. The first-order valence-corrected chi connectivity index (χ1v) is 15.3. The molecule has 2 aromatic carbocycles. The SMILES string of the molecule is CC(CCCCCC(=O)CCCCCC(C)(c1ccccc1)S(=O)(=O)O)S(=O)(=O)O.c1ccccc1. The highest BCUT2D eigenvalue weighted by molar-refractivity contribution is 7.86. The molecular weight excluding hydrogens is 500 g/mol. The minimum absolute atomic E-state index is 0.137. The Bertz CT molecular complexity index is 1060. The summed E-state index contributed by atoms with van der Waals surface area (Å²) in [5, 5.41) is -0.780. The third kappa shape index (κ3) is 12.3. The lowest BCUT2D eigenvalue weighted by atomic mass is 9.93. The molecule has 202 valence electrons. The third-order valence-corrected chi connectivity index (χ3v) is 9.14. The topological polar surface area (TPSA) is 126 Å². The summed E-state index contributed by atoms with van der Waals surface area (Å²) in [6.07, 6.45) is 5.50. The van der Waals surface area contributed by atoms with Crippen LogP contribution in [0.5, 0.6) is 0 Å². The molecular formula is C27H40O7S2. The van der Waals surface area contributed by atoms with Crippen molar-refractivity contribution in [2.45, 2.75) is 88.1 Å². The van der Waals surface area contributed by atoms with Crippen molar-refractivity contribution in [2.75, 3.05) is 0 Å². The molecule has 2 unspecified atom stereocenters. The molecule has 2 aromatic rings. The van der Waals surface area contributed by atoms with Crippen LogP contribution >= 0.6 is 0 Å². The first kappa shape index (κ1) is 32.0. The van der Waals surface area contributed by atoms with Crippen molar-refractivity contribution in [3.8, 4) is 0 Å². The molecule has 2 N–H and O–H groups in total. The van der Waals surface area contributed by atoms with Crippen LogP contribution in [-0.4, -0.2) is 37.0 Å². The van der Waals surface area contributed by atoms with Gasteiger partial charge in [-0.2, -0.15) is 16.8 Å². The van der Waals surface area contributed by atoms with E-state index in [1.165, 1.54) is 13.8 Å². The van der Waals surface area contributed by atoms with Crippen LogP contribution in [0.25, 0.3) is 0 Å². The van der Waals surface area contributed by atoms with Gasteiger partial charge < -0.3 is 0 Å². The van der Waals surface area contributed by atoms with Gasteiger partial charge in [0.1, 0.15) is 10.5 Å². The van der Waals surface area contributed by atoms with Crippen LogP contribution in [0.1, 0.15) is 83.6 Å². The van der Waals surface area contributed by atoms with Crippen LogP contribution in [0.3, 0.4) is 0 Å². The van der Waals surface area contributed by atoms with Gasteiger partial charge in [-0.25, -0.2) is 0 Å². The summed E-state index contributed by atoms with van der Waals surface area (Å²) in [5.41, 5.74) is 0.548. The lowest BCUT2D eigenvalue weighted by molar-refractivity contribution is -0.119. The Balaban J connectivity index is 0.000000936. The molecule has 0 heterocycles. The van der Waals surface area contributed by atoms with E-state index in [1.54, 1.807) is 30.3 Å². The maximum Gasteiger partial charge on any atom is 0.274 e. The van der Waals surface area contributed by atoms with Gasteiger partial charge in [-0.3, -0.25) is 13.9 Å². The highest BCUT2D eigenvalue weighted by atomic mass is 32.2. The molecule has 7 nitrogen and oxygen atoms in total. The van der Waals surface area contributed by atoms with Crippen LogP contribution in [0, 0.1) is 0 Å². The number of unbranched alkanes of at least 4 members (excludes halogenated alkanes) is 4.